The summed E-state index contributed by atoms with van der Waals surface area (Å²) in [6.07, 6.45) is 3.40. The van der Waals surface area contributed by atoms with E-state index in [9.17, 15) is 4.79 Å². The first-order valence-corrected chi connectivity index (χ1v) is 6.30. The van der Waals surface area contributed by atoms with E-state index in [2.05, 4.69) is 10.3 Å². The third-order valence-corrected chi connectivity index (χ3v) is 2.57. The molecule has 18 heavy (non-hydrogen) atoms. The molecule has 0 aliphatic carbocycles. The Hall–Kier alpha value is -1.36. The fourth-order valence-corrected chi connectivity index (χ4v) is 1.64. The lowest BCUT2D eigenvalue weighted by Gasteiger charge is -2.22. The monoisotopic (exact) mass is 253 g/mol. The Morgan fingerprint density at radius 3 is 2.72 bits per heavy atom. The summed E-state index contributed by atoms with van der Waals surface area (Å²) in [5.74, 6) is 0.374. The summed E-state index contributed by atoms with van der Waals surface area (Å²) >= 11 is 0. The Bertz CT molecular complexity index is 435. The molecule has 102 valence electrons. The van der Waals surface area contributed by atoms with Gasteiger partial charge in [-0.05, 0) is 34.6 Å². The molecule has 0 saturated carbocycles. The molecule has 0 radical (unpaired) electrons. The van der Waals surface area contributed by atoms with E-state index >= 15 is 0 Å². The molecule has 5 heteroatoms. The highest BCUT2D eigenvalue weighted by Gasteiger charge is 2.16. The van der Waals surface area contributed by atoms with Gasteiger partial charge in [0.2, 0.25) is 0 Å². The van der Waals surface area contributed by atoms with Crippen LogP contribution < -0.4 is 10.9 Å². The number of nitrogens with zero attached hydrogens (tertiary/aromatic N) is 2. The SMILES string of the molecule is CCOC(C)CNc1nccn(C(C)(C)C)c1=O. The molecule has 0 fully saturated rings. The molecule has 1 aromatic heterocycles. The maximum Gasteiger partial charge on any atom is 0.293 e. The van der Waals surface area contributed by atoms with Crippen molar-refractivity contribution in [3.8, 4) is 0 Å². The number of hydrogen-bond acceptors (Lipinski definition) is 4. The van der Waals surface area contributed by atoms with Gasteiger partial charge >= 0.3 is 0 Å². The van der Waals surface area contributed by atoms with E-state index in [0.29, 0.717) is 19.0 Å². The molecule has 1 rings (SSSR count). The quantitative estimate of drug-likeness (QED) is 0.870. The topological polar surface area (TPSA) is 56.1 Å². The molecule has 5 nitrogen and oxygen atoms in total. The summed E-state index contributed by atoms with van der Waals surface area (Å²) in [6, 6.07) is 0. The van der Waals surface area contributed by atoms with E-state index in [1.165, 1.54) is 0 Å². The first-order chi connectivity index (χ1) is 8.36. The second kappa shape index (κ2) is 6.00. The van der Waals surface area contributed by atoms with Gasteiger partial charge < -0.3 is 14.6 Å². The van der Waals surface area contributed by atoms with E-state index in [0.717, 1.165) is 0 Å². The van der Waals surface area contributed by atoms with Crippen molar-refractivity contribution in [1.82, 2.24) is 9.55 Å². The summed E-state index contributed by atoms with van der Waals surface area (Å²) in [6.45, 7) is 11.1. The Kier molecular flexibility index (Phi) is 4.90. The van der Waals surface area contributed by atoms with Crippen LogP contribution in [0, 0.1) is 0 Å². The Morgan fingerprint density at radius 1 is 1.50 bits per heavy atom. The van der Waals surface area contributed by atoms with Crippen molar-refractivity contribution in [2.24, 2.45) is 0 Å². The van der Waals surface area contributed by atoms with Crippen LogP contribution in [0.3, 0.4) is 0 Å². The second-order valence-electron chi connectivity index (χ2n) is 5.27. The number of anilines is 1. The molecule has 1 aromatic rings. The zero-order chi connectivity index (χ0) is 13.8. The predicted octanol–water partition coefficient (Wildman–Crippen LogP) is 1.84. The van der Waals surface area contributed by atoms with Crippen molar-refractivity contribution in [3.05, 3.63) is 22.7 Å². The van der Waals surface area contributed by atoms with E-state index in [-0.39, 0.29) is 17.2 Å². The third kappa shape index (κ3) is 3.84. The molecule has 0 amide bonds. The minimum Gasteiger partial charge on any atom is -0.377 e. The van der Waals surface area contributed by atoms with E-state index in [1.54, 1.807) is 17.0 Å². The summed E-state index contributed by atoms with van der Waals surface area (Å²) in [5, 5.41) is 3.04. The van der Waals surface area contributed by atoms with Crippen molar-refractivity contribution in [2.75, 3.05) is 18.5 Å². The third-order valence-electron chi connectivity index (χ3n) is 2.57. The fourth-order valence-electron chi connectivity index (χ4n) is 1.64. The van der Waals surface area contributed by atoms with Gasteiger partial charge in [0.1, 0.15) is 0 Å². The van der Waals surface area contributed by atoms with Crippen molar-refractivity contribution in [2.45, 2.75) is 46.3 Å². The first-order valence-electron chi connectivity index (χ1n) is 6.30. The molecule has 0 spiro atoms. The lowest BCUT2D eigenvalue weighted by molar-refractivity contribution is 0.0854. The van der Waals surface area contributed by atoms with Crippen LogP contribution in [0.5, 0.6) is 0 Å². The van der Waals surface area contributed by atoms with Crippen LogP contribution in [0.15, 0.2) is 17.2 Å². The molecule has 1 unspecified atom stereocenters. The van der Waals surface area contributed by atoms with E-state index in [4.69, 9.17) is 4.74 Å². The Labute approximate surface area is 108 Å². The van der Waals surface area contributed by atoms with Gasteiger partial charge in [-0.2, -0.15) is 0 Å². The zero-order valence-electron chi connectivity index (χ0n) is 11.9. The second-order valence-corrected chi connectivity index (χ2v) is 5.27. The van der Waals surface area contributed by atoms with Crippen LogP contribution in [-0.2, 0) is 10.3 Å². The van der Waals surface area contributed by atoms with Crippen molar-refractivity contribution in [1.29, 1.82) is 0 Å². The van der Waals surface area contributed by atoms with Crippen molar-refractivity contribution < 1.29 is 4.74 Å². The highest BCUT2D eigenvalue weighted by Crippen LogP contribution is 2.10. The zero-order valence-corrected chi connectivity index (χ0v) is 11.9. The maximum atomic E-state index is 12.2. The maximum absolute atomic E-state index is 12.2. The molecule has 0 saturated heterocycles. The smallest absolute Gasteiger partial charge is 0.293 e. The van der Waals surface area contributed by atoms with Crippen molar-refractivity contribution >= 4 is 5.82 Å². The highest BCUT2D eigenvalue weighted by atomic mass is 16.5. The van der Waals surface area contributed by atoms with Gasteiger partial charge in [-0.15, -0.1) is 0 Å². The van der Waals surface area contributed by atoms with Gasteiger partial charge in [0, 0.05) is 31.1 Å². The summed E-state index contributed by atoms with van der Waals surface area (Å²) in [7, 11) is 0. The van der Waals surface area contributed by atoms with E-state index < -0.39 is 0 Å². The normalized spacial score (nSPS) is 13.4. The van der Waals surface area contributed by atoms with Gasteiger partial charge in [0.25, 0.3) is 5.56 Å². The highest BCUT2D eigenvalue weighted by molar-refractivity contribution is 5.31. The largest absolute Gasteiger partial charge is 0.377 e. The molecule has 1 atom stereocenters. The van der Waals surface area contributed by atoms with Crippen LogP contribution in [-0.4, -0.2) is 28.8 Å². The standard InChI is InChI=1S/C13H23N3O2/c1-6-18-10(2)9-15-11-12(17)16(8-7-14-11)13(3,4)5/h7-8,10H,6,9H2,1-5H3,(H,14,15). The molecular weight excluding hydrogens is 230 g/mol. The van der Waals surface area contributed by atoms with Crippen LogP contribution in [0.2, 0.25) is 0 Å². The van der Waals surface area contributed by atoms with Gasteiger partial charge in [0.15, 0.2) is 5.82 Å². The molecule has 0 bridgehead atoms. The number of ether oxygens (including phenoxy) is 1. The minimum atomic E-state index is -0.248. The first kappa shape index (κ1) is 14.7. The molecule has 0 aliphatic heterocycles. The number of rotatable bonds is 5. The van der Waals surface area contributed by atoms with Crippen LogP contribution in [0.4, 0.5) is 5.82 Å². The number of aromatic nitrogens is 2. The predicted molar refractivity (Wildman–Crippen MR) is 73.1 cm³/mol. The Balaban J connectivity index is 2.82. The summed E-state index contributed by atoms with van der Waals surface area (Å²) < 4.78 is 7.08. The van der Waals surface area contributed by atoms with Gasteiger partial charge in [0.05, 0.1) is 6.10 Å². The van der Waals surface area contributed by atoms with E-state index in [1.807, 2.05) is 34.6 Å². The summed E-state index contributed by atoms with van der Waals surface area (Å²) in [4.78, 5) is 16.3. The van der Waals surface area contributed by atoms with Gasteiger partial charge in [-0.3, -0.25) is 4.79 Å². The van der Waals surface area contributed by atoms with Crippen LogP contribution in [0.25, 0.3) is 0 Å². The molecular formula is C13H23N3O2. The number of nitrogens with one attached hydrogen (secondary N) is 1. The van der Waals surface area contributed by atoms with Crippen molar-refractivity contribution in [3.63, 3.8) is 0 Å². The lowest BCUT2D eigenvalue weighted by atomic mass is 10.1. The van der Waals surface area contributed by atoms with Crippen LogP contribution >= 0.6 is 0 Å². The van der Waals surface area contributed by atoms with Gasteiger partial charge in [-0.1, -0.05) is 0 Å². The molecule has 1 heterocycles. The average molecular weight is 253 g/mol. The van der Waals surface area contributed by atoms with Crippen LogP contribution in [0.1, 0.15) is 34.6 Å². The molecule has 0 aliphatic rings. The minimum absolute atomic E-state index is 0.0551. The molecule has 0 aromatic carbocycles. The van der Waals surface area contributed by atoms with Gasteiger partial charge in [-0.25, -0.2) is 4.98 Å². The Morgan fingerprint density at radius 2 is 2.17 bits per heavy atom. The fraction of sp³-hybridized carbons (Fsp3) is 0.692. The molecule has 1 N–H and O–H groups in total. The average Bonchev–Trinajstić information content (AvgIpc) is 2.26. The summed E-state index contributed by atoms with van der Waals surface area (Å²) in [5.41, 5.74) is -0.351. The lowest BCUT2D eigenvalue weighted by Crippen LogP contribution is -2.36. The number of hydrogen-bond donors (Lipinski definition) is 1.